The summed E-state index contributed by atoms with van der Waals surface area (Å²) < 4.78 is 0. The summed E-state index contributed by atoms with van der Waals surface area (Å²) in [6.07, 6.45) is 0. The highest BCUT2D eigenvalue weighted by Crippen LogP contribution is 2.22. The maximum atomic E-state index is 11.9. The number of amides is 2. The summed E-state index contributed by atoms with van der Waals surface area (Å²) in [5, 5.41) is 9.33. The molecule has 0 unspecified atom stereocenters. The molecule has 0 saturated carbocycles. The van der Waals surface area contributed by atoms with Gasteiger partial charge in [0.15, 0.2) is 0 Å². The molecule has 2 amide bonds. The molecule has 3 N–H and O–H groups in total. The molecule has 2 rings (SSSR count). The van der Waals surface area contributed by atoms with Crippen LogP contribution < -0.4 is 16.0 Å². The summed E-state index contributed by atoms with van der Waals surface area (Å²) >= 11 is 11.8. The van der Waals surface area contributed by atoms with Crippen LogP contribution in [0.5, 0.6) is 0 Å². The molecule has 0 heterocycles. The van der Waals surface area contributed by atoms with Gasteiger partial charge in [0.05, 0.1) is 6.54 Å². The summed E-state index contributed by atoms with van der Waals surface area (Å²) in [7, 11) is 0. The summed E-state index contributed by atoms with van der Waals surface area (Å²) in [4.78, 5) is 22.8. The van der Waals surface area contributed by atoms with Crippen molar-refractivity contribution in [2.75, 3.05) is 22.5 Å². The number of rotatable bonds is 5. The first kappa shape index (κ1) is 17.1. The Kier molecular flexibility index (Phi) is 5.84. The molecule has 0 aromatic heterocycles. The third kappa shape index (κ3) is 5.81. The van der Waals surface area contributed by atoms with E-state index in [0.717, 1.165) is 0 Å². The van der Waals surface area contributed by atoms with Gasteiger partial charge < -0.3 is 16.0 Å². The molecule has 0 spiro atoms. The van der Waals surface area contributed by atoms with Crippen molar-refractivity contribution < 1.29 is 9.59 Å². The van der Waals surface area contributed by atoms with Crippen molar-refractivity contribution in [2.24, 2.45) is 0 Å². The average molecular weight is 352 g/mol. The van der Waals surface area contributed by atoms with E-state index < -0.39 is 0 Å². The maximum Gasteiger partial charge on any atom is 0.243 e. The van der Waals surface area contributed by atoms with E-state index in [2.05, 4.69) is 16.0 Å². The fourth-order valence-corrected chi connectivity index (χ4v) is 2.41. The summed E-state index contributed by atoms with van der Waals surface area (Å²) in [5.41, 5.74) is 1.97. The summed E-state index contributed by atoms with van der Waals surface area (Å²) in [6, 6.07) is 11.8. The molecule has 2 aromatic rings. The molecule has 0 saturated heterocycles. The lowest BCUT2D eigenvalue weighted by atomic mass is 10.2. The predicted octanol–water partition coefficient (Wildman–Crippen LogP) is 4.00. The fourth-order valence-electron chi connectivity index (χ4n) is 1.88. The van der Waals surface area contributed by atoms with Crippen LogP contribution in [0.3, 0.4) is 0 Å². The van der Waals surface area contributed by atoms with Crippen LogP contribution in [0.25, 0.3) is 0 Å². The fraction of sp³-hybridized carbons (Fsp3) is 0.125. The van der Waals surface area contributed by atoms with Gasteiger partial charge in [0.25, 0.3) is 0 Å². The summed E-state index contributed by atoms with van der Waals surface area (Å²) in [5.74, 6) is -0.362. The van der Waals surface area contributed by atoms with Gasteiger partial charge in [0, 0.05) is 34.0 Å². The largest absolute Gasteiger partial charge is 0.376 e. The molecule has 0 aliphatic rings. The van der Waals surface area contributed by atoms with E-state index in [4.69, 9.17) is 23.2 Å². The van der Waals surface area contributed by atoms with Crippen molar-refractivity contribution in [3.8, 4) is 0 Å². The zero-order valence-electron chi connectivity index (χ0n) is 12.3. The number of benzene rings is 2. The average Bonchev–Trinajstić information content (AvgIpc) is 2.46. The van der Waals surface area contributed by atoms with Crippen LogP contribution in [-0.2, 0) is 9.59 Å². The Bertz CT molecular complexity index is 698. The minimum atomic E-state index is -0.214. The van der Waals surface area contributed by atoms with Gasteiger partial charge in [0.2, 0.25) is 11.8 Å². The SMILES string of the molecule is CC(=O)Nc1ccc(NC(=O)CNc2cc(Cl)cc(Cl)c2)cc1. The maximum absolute atomic E-state index is 11.9. The lowest BCUT2D eigenvalue weighted by Crippen LogP contribution is -2.21. The topological polar surface area (TPSA) is 70.2 Å². The Morgan fingerprint density at radius 3 is 1.91 bits per heavy atom. The number of carbonyl (C=O) groups is 2. The second-order valence-corrected chi connectivity index (χ2v) is 5.69. The number of hydrogen-bond acceptors (Lipinski definition) is 3. The first-order chi connectivity index (χ1) is 10.9. The Hall–Kier alpha value is -2.24. The van der Waals surface area contributed by atoms with Crippen LogP contribution in [-0.4, -0.2) is 18.4 Å². The zero-order valence-corrected chi connectivity index (χ0v) is 13.8. The first-order valence-corrected chi connectivity index (χ1v) is 7.55. The smallest absolute Gasteiger partial charge is 0.243 e. The highest BCUT2D eigenvalue weighted by Gasteiger charge is 2.04. The molecule has 7 heteroatoms. The van der Waals surface area contributed by atoms with Crippen LogP contribution in [0, 0.1) is 0 Å². The van der Waals surface area contributed by atoms with E-state index in [0.29, 0.717) is 27.1 Å². The van der Waals surface area contributed by atoms with Crippen LogP contribution >= 0.6 is 23.2 Å². The third-order valence-electron chi connectivity index (χ3n) is 2.80. The van der Waals surface area contributed by atoms with Gasteiger partial charge in [-0.3, -0.25) is 9.59 Å². The Balaban J connectivity index is 1.88. The van der Waals surface area contributed by atoms with Crippen molar-refractivity contribution >= 4 is 52.1 Å². The molecule has 2 aromatic carbocycles. The monoisotopic (exact) mass is 351 g/mol. The molecule has 0 atom stereocenters. The molecule has 0 bridgehead atoms. The van der Waals surface area contributed by atoms with Crippen molar-refractivity contribution in [3.63, 3.8) is 0 Å². The van der Waals surface area contributed by atoms with Gasteiger partial charge in [-0.25, -0.2) is 0 Å². The molecule has 5 nitrogen and oxygen atoms in total. The van der Waals surface area contributed by atoms with Gasteiger partial charge >= 0.3 is 0 Å². The van der Waals surface area contributed by atoms with Gasteiger partial charge in [-0.05, 0) is 42.5 Å². The number of nitrogens with one attached hydrogen (secondary N) is 3. The van der Waals surface area contributed by atoms with E-state index in [9.17, 15) is 9.59 Å². The highest BCUT2D eigenvalue weighted by atomic mass is 35.5. The minimum absolute atomic E-state index is 0.0735. The molecule has 0 aliphatic heterocycles. The van der Waals surface area contributed by atoms with E-state index in [1.807, 2.05) is 0 Å². The molecule has 120 valence electrons. The molecule has 0 fully saturated rings. The van der Waals surface area contributed by atoms with E-state index in [1.54, 1.807) is 42.5 Å². The molecule has 23 heavy (non-hydrogen) atoms. The van der Waals surface area contributed by atoms with Crippen LogP contribution in [0.2, 0.25) is 10.0 Å². The molecule has 0 radical (unpaired) electrons. The quantitative estimate of drug-likeness (QED) is 0.762. The normalized spacial score (nSPS) is 10.0. The lowest BCUT2D eigenvalue weighted by Gasteiger charge is -2.09. The van der Waals surface area contributed by atoms with Gasteiger partial charge in [-0.1, -0.05) is 23.2 Å². The Morgan fingerprint density at radius 1 is 0.870 bits per heavy atom. The standard InChI is InChI=1S/C16H15Cl2N3O2/c1-10(22)20-13-2-4-14(5-3-13)21-16(23)9-19-15-7-11(17)6-12(18)8-15/h2-8,19H,9H2,1H3,(H,20,22)(H,21,23). The van der Waals surface area contributed by atoms with Gasteiger partial charge in [-0.2, -0.15) is 0 Å². The molecule has 0 aliphatic carbocycles. The second kappa shape index (κ2) is 7.85. The third-order valence-corrected chi connectivity index (χ3v) is 3.24. The number of carbonyl (C=O) groups excluding carboxylic acids is 2. The zero-order chi connectivity index (χ0) is 16.8. The minimum Gasteiger partial charge on any atom is -0.376 e. The van der Waals surface area contributed by atoms with E-state index in [-0.39, 0.29) is 18.4 Å². The lowest BCUT2D eigenvalue weighted by molar-refractivity contribution is -0.115. The Morgan fingerprint density at radius 2 is 1.39 bits per heavy atom. The van der Waals surface area contributed by atoms with E-state index in [1.165, 1.54) is 6.92 Å². The molecular formula is C16H15Cl2N3O2. The van der Waals surface area contributed by atoms with Crippen molar-refractivity contribution in [1.29, 1.82) is 0 Å². The van der Waals surface area contributed by atoms with Gasteiger partial charge in [-0.15, -0.1) is 0 Å². The van der Waals surface area contributed by atoms with Crippen LogP contribution in [0.15, 0.2) is 42.5 Å². The predicted molar refractivity (Wildman–Crippen MR) is 94.3 cm³/mol. The molecular weight excluding hydrogens is 337 g/mol. The van der Waals surface area contributed by atoms with Gasteiger partial charge in [0.1, 0.15) is 0 Å². The first-order valence-electron chi connectivity index (χ1n) is 6.80. The number of anilines is 3. The van der Waals surface area contributed by atoms with E-state index >= 15 is 0 Å². The van der Waals surface area contributed by atoms with Crippen molar-refractivity contribution in [3.05, 3.63) is 52.5 Å². The number of hydrogen-bond donors (Lipinski definition) is 3. The van der Waals surface area contributed by atoms with Crippen LogP contribution in [0.1, 0.15) is 6.92 Å². The van der Waals surface area contributed by atoms with Crippen LogP contribution in [0.4, 0.5) is 17.1 Å². The highest BCUT2D eigenvalue weighted by molar-refractivity contribution is 6.35. The summed E-state index contributed by atoms with van der Waals surface area (Å²) in [6.45, 7) is 1.51. The number of halogens is 2. The van der Waals surface area contributed by atoms with Crippen molar-refractivity contribution in [2.45, 2.75) is 6.92 Å². The Labute approximate surface area is 144 Å². The second-order valence-electron chi connectivity index (χ2n) is 4.82. The van der Waals surface area contributed by atoms with Crippen molar-refractivity contribution in [1.82, 2.24) is 0 Å².